The molecule has 2 aliphatic rings. The molecule has 172 valence electrons. The number of fused-ring (bicyclic) bond motifs is 2. The van der Waals surface area contributed by atoms with E-state index in [0.717, 1.165) is 11.3 Å². The highest BCUT2D eigenvalue weighted by Crippen LogP contribution is 2.48. The number of hydrogen-bond donors (Lipinski definition) is 0. The van der Waals surface area contributed by atoms with Gasteiger partial charge in [0.2, 0.25) is 5.91 Å². The Balaban J connectivity index is 1.71. The number of carbonyl (C=O) groups excluding carboxylic acids is 2. The van der Waals surface area contributed by atoms with E-state index in [1.165, 1.54) is 12.1 Å². The number of anilines is 1. The second kappa shape index (κ2) is 8.64. The van der Waals surface area contributed by atoms with Crippen LogP contribution in [0.5, 0.6) is 0 Å². The van der Waals surface area contributed by atoms with E-state index in [9.17, 15) is 14.0 Å². The molecular formula is C29H27FN2O2. The Kier molecular flexibility index (Phi) is 5.64. The molecule has 0 spiro atoms. The van der Waals surface area contributed by atoms with E-state index in [4.69, 9.17) is 4.99 Å². The minimum atomic E-state index is -0.669. The number of hydrogen-bond acceptors (Lipinski definition) is 3. The van der Waals surface area contributed by atoms with Crippen molar-refractivity contribution < 1.29 is 14.0 Å². The van der Waals surface area contributed by atoms with Crippen molar-refractivity contribution in [3.63, 3.8) is 0 Å². The zero-order valence-corrected chi connectivity index (χ0v) is 19.4. The lowest BCUT2D eigenvalue weighted by atomic mass is 9.68. The van der Waals surface area contributed by atoms with E-state index < -0.39 is 17.8 Å². The zero-order valence-electron chi connectivity index (χ0n) is 19.4. The fourth-order valence-corrected chi connectivity index (χ4v) is 5.29. The summed E-state index contributed by atoms with van der Waals surface area (Å²) >= 11 is 0. The lowest BCUT2D eigenvalue weighted by Crippen LogP contribution is -2.47. The molecule has 3 aromatic carbocycles. The van der Waals surface area contributed by atoms with Gasteiger partial charge in [0.05, 0.1) is 29.8 Å². The average molecular weight is 455 g/mol. The predicted octanol–water partition coefficient (Wildman–Crippen LogP) is 6.23. The average Bonchev–Trinajstić information content (AvgIpc) is 2.93. The summed E-state index contributed by atoms with van der Waals surface area (Å²) in [7, 11) is 0. The molecule has 1 aliphatic heterocycles. The van der Waals surface area contributed by atoms with Crippen molar-refractivity contribution in [2.24, 2.45) is 16.3 Å². The Morgan fingerprint density at radius 3 is 2.50 bits per heavy atom. The van der Waals surface area contributed by atoms with E-state index in [0.29, 0.717) is 29.8 Å². The Bertz CT molecular complexity index is 1280. The van der Waals surface area contributed by atoms with Gasteiger partial charge in [0.25, 0.3) is 0 Å². The number of carbonyl (C=O) groups is 2. The topological polar surface area (TPSA) is 49.7 Å². The summed E-state index contributed by atoms with van der Waals surface area (Å²) in [6.45, 7) is 4.13. The molecule has 0 saturated heterocycles. The molecule has 0 radical (unpaired) electrons. The quantitative estimate of drug-likeness (QED) is 0.471. The van der Waals surface area contributed by atoms with Crippen LogP contribution in [0.2, 0.25) is 0 Å². The number of benzene rings is 3. The third-order valence-corrected chi connectivity index (χ3v) is 6.67. The Hall–Kier alpha value is -3.60. The van der Waals surface area contributed by atoms with Gasteiger partial charge in [-0.3, -0.25) is 14.6 Å². The fraction of sp³-hybridized carbons (Fsp3) is 0.276. The SMILES string of the molecule is CC1(C)CC(=O)C2C(=Nc3ccccc3N(C(=O)Cc3ccccc3)C2c2cccc(F)c2)C1. The Morgan fingerprint density at radius 1 is 1.00 bits per heavy atom. The minimum absolute atomic E-state index is 0.0366. The molecule has 5 rings (SSSR count). The second-order valence-corrected chi connectivity index (χ2v) is 9.98. The van der Waals surface area contributed by atoms with Gasteiger partial charge in [-0.1, -0.05) is 68.4 Å². The maximum atomic E-state index is 14.4. The summed E-state index contributed by atoms with van der Waals surface area (Å²) in [6.07, 6.45) is 1.20. The molecule has 4 nitrogen and oxygen atoms in total. The van der Waals surface area contributed by atoms with Crippen LogP contribution in [0.25, 0.3) is 0 Å². The van der Waals surface area contributed by atoms with Gasteiger partial charge < -0.3 is 4.90 Å². The second-order valence-electron chi connectivity index (χ2n) is 9.98. The molecule has 2 unspecified atom stereocenters. The molecule has 34 heavy (non-hydrogen) atoms. The van der Waals surface area contributed by atoms with Gasteiger partial charge in [-0.15, -0.1) is 0 Å². The molecule has 0 bridgehead atoms. The van der Waals surface area contributed by atoms with Crippen molar-refractivity contribution in [1.82, 2.24) is 0 Å². The van der Waals surface area contributed by atoms with Crippen LogP contribution >= 0.6 is 0 Å². The highest BCUT2D eigenvalue weighted by Gasteiger charge is 2.47. The van der Waals surface area contributed by atoms with Crippen LogP contribution in [0.15, 0.2) is 83.9 Å². The standard InChI is InChI=1S/C29H27FN2O2/c1-29(2)17-23-27(25(33)18-29)28(20-11-8-12-21(30)16-20)32(24-14-7-6-13-22(24)31-23)26(34)15-19-9-4-3-5-10-19/h3-14,16,27-28H,15,17-18H2,1-2H3. The van der Waals surface area contributed by atoms with Crippen LogP contribution in [-0.4, -0.2) is 17.4 Å². The van der Waals surface area contributed by atoms with Crippen molar-refractivity contribution in [1.29, 1.82) is 0 Å². The van der Waals surface area contributed by atoms with Crippen LogP contribution in [0.3, 0.4) is 0 Å². The maximum absolute atomic E-state index is 14.4. The highest BCUT2D eigenvalue weighted by atomic mass is 19.1. The molecule has 1 saturated carbocycles. The monoisotopic (exact) mass is 454 g/mol. The van der Waals surface area contributed by atoms with Gasteiger partial charge >= 0.3 is 0 Å². The summed E-state index contributed by atoms with van der Waals surface area (Å²) in [5.74, 6) is -1.13. The lowest BCUT2D eigenvalue weighted by Gasteiger charge is -2.41. The van der Waals surface area contributed by atoms with Crippen LogP contribution in [0, 0.1) is 17.2 Å². The summed E-state index contributed by atoms with van der Waals surface area (Å²) in [4.78, 5) is 34.2. The van der Waals surface area contributed by atoms with Gasteiger partial charge in [-0.25, -0.2) is 4.39 Å². The molecule has 5 heteroatoms. The summed E-state index contributed by atoms with van der Waals surface area (Å²) < 4.78 is 14.4. The smallest absolute Gasteiger partial charge is 0.232 e. The third-order valence-electron chi connectivity index (χ3n) is 6.67. The van der Waals surface area contributed by atoms with E-state index in [-0.39, 0.29) is 23.5 Å². The third kappa shape index (κ3) is 4.18. The van der Waals surface area contributed by atoms with E-state index in [1.54, 1.807) is 17.0 Å². The van der Waals surface area contributed by atoms with Gasteiger partial charge in [0.15, 0.2) is 0 Å². The molecule has 2 atom stereocenters. The van der Waals surface area contributed by atoms with Gasteiger partial charge in [0, 0.05) is 12.1 Å². The summed E-state index contributed by atoms with van der Waals surface area (Å²) in [6, 6.07) is 22.6. The normalized spacial score (nSPS) is 21.2. The molecule has 1 aliphatic carbocycles. The van der Waals surface area contributed by atoms with Gasteiger partial charge in [-0.2, -0.15) is 0 Å². The van der Waals surface area contributed by atoms with Crippen molar-refractivity contribution in [3.8, 4) is 0 Å². The predicted molar refractivity (Wildman–Crippen MR) is 132 cm³/mol. The number of rotatable bonds is 3. The first-order valence-corrected chi connectivity index (χ1v) is 11.6. The first-order chi connectivity index (χ1) is 16.3. The number of halogens is 1. The highest BCUT2D eigenvalue weighted by molar-refractivity contribution is 6.13. The van der Waals surface area contributed by atoms with Crippen molar-refractivity contribution in [3.05, 3.63) is 95.8 Å². The molecule has 1 fully saturated rings. The number of ketones is 1. The molecule has 3 aromatic rings. The molecule has 0 aromatic heterocycles. The summed E-state index contributed by atoms with van der Waals surface area (Å²) in [5, 5.41) is 0. The van der Waals surface area contributed by atoms with E-state index in [1.807, 2.05) is 54.6 Å². The largest absolute Gasteiger partial charge is 0.301 e. The maximum Gasteiger partial charge on any atom is 0.232 e. The van der Waals surface area contributed by atoms with E-state index in [2.05, 4.69) is 13.8 Å². The van der Waals surface area contributed by atoms with Gasteiger partial charge in [0.1, 0.15) is 11.6 Å². The fourth-order valence-electron chi connectivity index (χ4n) is 5.29. The number of amides is 1. The van der Waals surface area contributed by atoms with Crippen molar-refractivity contribution >= 4 is 28.8 Å². The lowest BCUT2D eigenvalue weighted by molar-refractivity contribution is -0.124. The van der Waals surface area contributed by atoms with Crippen LogP contribution < -0.4 is 4.90 Å². The van der Waals surface area contributed by atoms with Crippen LogP contribution in [-0.2, 0) is 16.0 Å². The minimum Gasteiger partial charge on any atom is -0.301 e. The Morgan fingerprint density at radius 2 is 1.74 bits per heavy atom. The molecule has 0 N–H and O–H groups in total. The van der Waals surface area contributed by atoms with Crippen LogP contribution in [0.1, 0.15) is 43.9 Å². The first kappa shape index (κ1) is 22.2. The first-order valence-electron chi connectivity index (χ1n) is 11.6. The molecular weight excluding hydrogens is 427 g/mol. The molecule has 1 amide bonds. The van der Waals surface area contributed by atoms with Crippen molar-refractivity contribution in [2.45, 2.75) is 39.2 Å². The number of nitrogens with zero attached hydrogens (tertiary/aromatic N) is 2. The van der Waals surface area contributed by atoms with Crippen LogP contribution in [0.4, 0.5) is 15.8 Å². The van der Waals surface area contributed by atoms with E-state index >= 15 is 0 Å². The zero-order chi connectivity index (χ0) is 23.9. The number of para-hydroxylation sites is 2. The Labute approximate surface area is 199 Å². The van der Waals surface area contributed by atoms with Gasteiger partial charge in [-0.05, 0) is 47.2 Å². The number of aliphatic imine (C=N–C) groups is 1. The summed E-state index contributed by atoms with van der Waals surface area (Å²) in [5.41, 5.74) is 3.32. The van der Waals surface area contributed by atoms with Crippen molar-refractivity contribution in [2.75, 3.05) is 4.90 Å². The number of Topliss-reactive ketones (excluding diaryl/α,β-unsaturated/α-hetero) is 1. The molecule has 1 heterocycles.